The Morgan fingerprint density at radius 2 is 1.58 bits per heavy atom. The minimum Gasteiger partial charge on any atom is -0.489 e. The molecule has 2 amide bonds. The first-order chi connectivity index (χ1) is 14.8. The van der Waals surface area contributed by atoms with Gasteiger partial charge in [0.25, 0.3) is 0 Å². The fourth-order valence-corrected chi connectivity index (χ4v) is 3.23. The maximum Gasteiger partial charge on any atom is 0.352 e. The third-order valence-corrected chi connectivity index (χ3v) is 5.00. The minimum absolute atomic E-state index is 0.0420. The van der Waals surface area contributed by atoms with Gasteiger partial charge in [-0.05, 0) is 49.2 Å². The summed E-state index contributed by atoms with van der Waals surface area (Å²) in [6.45, 7) is 4.00. The molecule has 3 rings (SSSR count). The van der Waals surface area contributed by atoms with E-state index in [4.69, 9.17) is 16.4 Å². The fourth-order valence-electron chi connectivity index (χ4n) is 3.23. The maximum absolute atomic E-state index is 12.7. The van der Waals surface area contributed by atoms with E-state index in [9.17, 15) is 9.59 Å². The Kier molecular flexibility index (Phi) is 6.69. The summed E-state index contributed by atoms with van der Waals surface area (Å²) in [5, 5.41) is 1.92. The standard InChI is InChI=1S/C24H26N4O3/c1-16-8-7-11-21(28(26)24(30)27(3)25)20(16)15-31-22-13-12-19(14-17(22)2)23(29)18-9-5-4-6-10-18/h4-14H,15,25-26H2,1-3H3. The van der Waals surface area contributed by atoms with Gasteiger partial charge < -0.3 is 4.74 Å². The smallest absolute Gasteiger partial charge is 0.352 e. The van der Waals surface area contributed by atoms with Gasteiger partial charge in [0.05, 0.1) is 5.69 Å². The molecular formula is C24H26N4O3. The van der Waals surface area contributed by atoms with Gasteiger partial charge >= 0.3 is 6.03 Å². The molecule has 0 saturated heterocycles. The van der Waals surface area contributed by atoms with Crippen LogP contribution in [0.4, 0.5) is 10.5 Å². The molecule has 7 heteroatoms. The number of urea groups is 1. The van der Waals surface area contributed by atoms with Crippen LogP contribution in [0.2, 0.25) is 0 Å². The molecule has 0 saturated carbocycles. The molecule has 0 unspecified atom stereocenters. The normalized spacial score (nSPS) is 10.5. The highest BCUT2D eigenvalue weighted by Crippen LogP contribution is 2.27. The van der Waals surface area contributed by atoms with Gasteiger partial charge in [-0.25, -0.2) is 21.5 Å². The van der Waals surface area contributed by atoms with Crippen molar-refractivity contribution < 1.29 is 14.3 Å². The monoisotopic (exact) mass is 418 g/mol. The van der Waals surface area contributed by atoms with Crippen LogP contribution in [0.15, 0.2) is 66.7 Å². The van der Waals surface area contributed by atoms with Crippen molar-refractivity contribution in [2.75, 3.05) is 12.1 Å². The maximum atomic E-state index is 12.7. The zero-order valence-electron chi connectivity index (χ0n) is 17.8. The molecule has 4 N–H and O–H groups in total. The summed E-state index contributed by atoms with van der Waals surface area (Å²) in [6.07, 6.45) is 0. The van der Waals surface area contributed by atoms with Crippen molar-refractivity contribution in [2.45, 2.75) is 20.5 Å². The van der Waals surface area contributed by atoms with Gasteiger partial charge in [0.1, 0.15) is 12.4 Å². The molecule has 160 valence electrons. The van der Waals surface area contributed by atoms with Crippen LogP contribution >= 0.6 is 0 Å². The first kappa shape index (κ1) is 22.0. The molecule has 0 radical (unpaired) electrons. The number of rotatable bonds is 6. The third-order valence-electron chi connectivity index (χ3n) is 5.00. The van der Waals surface area contributed by atoms with E-state index in [-0.39, 0.29) is 12.4 Å². The van der Waals surface area contributed by atoms with Gasteiger partial charge in [0.15, 0.2) is 5.78 Å². The largest absolute Gasteiger partial charge is 0.489 e. The lowest BCUT2D eigenvalue weighted by molar-refractivity contribution is 0.103. The first-order valence-electron chi connectivity index (χ1n) is 9.78. The number of carbonyl (C=O) groups excluding carboxylic acids is 2. The third kappa shape index (κ3) is 4.91. The van der Waals surface area contributed by atoms with Crippen molar-refractivity contribution in [3.8, 4) is 5.75 Å². The Balaban J connectivity index is 1.81. The lowest BCUT2D eigenvalue weighted by Crippen LogP contribution is -2.49. The van der Waals surface area contributed by atoms with Crippen LogP contribution in [0.5, 0.6) is 5.75 Å². The Bertz CT molecular complexity index is 1100. The molecule has 0 heterocycles. The second kappa shape index (κ2) is 9.42. The van der Waals surface area contributed by atoms with Crippen molar-refractivity contribution >= 4 is 17.5 Å². The van der Waals surface area contributed by atoms with Gasteiger partial charge in [0.2, 0.25) is 0 Å². The van der Waals surface area contributed by atoms with E-state index in [1.807, 2.05) is 50.2 Å². The number of ketones is 1. The van der Waals surface area contributed by atoms with E-state index in [0.717, 1.165) is 26.7 Å². The predicted octanol–water partition coefficient (Wildman–Crippen LogP) is 3.72. The molecule has 3 aromatic rings. The highest BCUT2D eigenvalue weighted by Gasteiger charge is 2.19. The van der Waals surface area contributed by atoms with Crippen LogP contribution in [0.3, 0.4) is 0 Å². The van der Waals surface area contributed by atoms with Gasteiger partial charge in [-0.15, -0.1) is 0 Å². The number of hydrazine groups is 2. The molecule has 0 aliphatic carbocycles. The minimum atomic E-state index is -0.549. The summed E-state index contributed by atoms with van der Waals surface area (Å²) < 4.78 is 6.03. The highest BCUT2D eigenvalue weighted by molar-refractivity contribution is 6.09. The molecule has 3 aromatic carbocycles. The van der Waals surface area contributed by atoms with Crippen molar-refractivity contribution in [2.24, 2.45) is 11.7 Å². The number of anilines is 1. The average Bonchev–Trinajstić information content (AvgIpc) is 2.77. The average molecular weight is 418 g/mol. The zero-order chi connectivity index (χ0) is 22.5. The summed E-state index contributed by atoms with van der Waals surface area (Å²) in [6, 6.07) is 19.4. The van der Waals surface area contributed by atoms with Crippen LogP contribution in [0.25, 0.3) is 0 Å². The van der Waals surface area contributed by atoms with Crippen LogP contribution < -0.4 is 21.4 Å². The van der Waals surface area contributed by atoms with Gasteiger partial charge in [-0.2, -0.15) is 0 Å². The summed E-state index contributed by atoms with van der Waals surface area (Å²) in [4.78, 5) is 24.8. The van der Waals surface area contributed by atoms with Crippen LogP contribution in [-0.2, 0) is 6.61 Å². The molecule has 0 fully saturated rings. The Morgan fingerprint density at radius 3 is 2.23 bits per heavy atom. The van der Waals surface area contributed by atoms with E-state index >= 15 is 0 Å². The van der Waals surface area contributed by atoms with Crippen molar-refractivity contribution in [1.29, 1.82) is 0 Å². The Hall–Kier alpha value is -3.68. The lowest BCUT2D eigenvalue weighted by Gasteiger charge is -2.24. The second-order valence-corrected chi connectivity index (χ2v) is 7.30. The molecule has 0 atom stereocenters. The quantitative estimate of drug-likeness (QED) is 0.275. The van der Waals surface area contributed by atoms with E-state index in [2.05, 4.69) is 0 Å². The summed E-state index contributed by atoms with van der Waals surface area (Å²) in [5.74, 6) is 12.1. The molecule has 0 aliphatic heterocycles. The highest BCUT2D eigenvalue weighted by atomic mass is 16.5. The van der Waals surface area contributed by atoms with Crippen molar-refractivity contribution in [1.82, 2.24) is 5.01 Å². The summed E-state index contributed by atoms with van der Waals surface area (Å²) >= 11 is 0. The summed E-state index contributed by atoms with van der Waals surface area (Å²) in [7, 11) is 1.43. The van der Waals surface area contributed by atoms with Crippen LogP contribution in [0, 0.1) is 13.8 Å². The molecule has 31 heavy (non-hydrogen) atoms. The topological polar surface area (TPSA) is 102 Å². The van der Waals surface area contributed by atoms with Crippen LogP contribution in [0.1, 0.15) is 32.6 Å². The second-order valence-electron chi connectivity index (χ2n) is 7.30. The van der Waals surface area contributed by atoms with E-state index in [0.29, 0.717) is 22.6 Å². The van der Waals surface area contributed by atoms with Crippen molar-refractivity contribution in [3.63, 3.8) is 0 Å². The summed E-state index contributed by atoms with van der Waals surface area (Å²) in [5.41, 5.74) is 4.27. The lowest BCUT2D eigenvalue weighted by atomic mass is 10.0. The van der Waals surface area contributed by atoms with E-state index in [1.165, 1.54) is 7.05 Å². The molecule has 0 spiro atoms. The number of carbonyl (C=O) groups is 2. The molecule has 0 aliphatic rings. The number of hydrogen-bond acceptors (Lipinski definition) is 5. The molecule has 7 nitrogen and oxygen atoms in total. The predicted molar refractivity (Wildman–Crippen MR) is 121 cm³/mol. The molecular weight excluding hydrogens is 392 g/mol. The van der Waals surface area contributed by atoms with Crippen LogP contribution in [-0.4, -0.2) is 23.9 Å². The Labute approximate surface area is 181 Å². The number of nitrogens with two attached hydrogens (primary N) is 2. The number of amides is 2. The fraction of sp³-hybridized carbons (Fsp3) is 0.167. The van der Waals surface area contributed by atoms with Crippen molar-refractivity contribution in [3.05, 3.63) is 94.5 Å². The Morgan fingerprint density at radius 1 is 0.871 bits per heavy atom. The zero-order valence-corrected chi connectivity index (χ0v) is 17.8. The van der Waals surface area contributed by atoms with Gasteiger partial charge in [-0.1, -0.05) is 42.5 Å². The first-order valence-corrected chi connectivity index (χ1v) is 9.78. The number of ether oxygens (including phenoxy) is 1. The number of aryl methyl sites for hydroxylation is 2. The number of nitrogens with zero attached hydrogens (tertiary/aromatic N) is 2. The number of hydrogen-bond donors (Lipinski definition) is 2. The van der Waals surface area contributed by atoms with E-state index in [1.54, 1.807) is 30.3 Å². The SMILES string of the molecule is Cc1cc(C(=O)c2ccccc2)ccc1OCc1c(C)cccc1N(N)C(=O)N(C)N. The van der Waals surface area contributed by atoms with Gasteiger partial charge in [0, 0.05) is 23.7 Å². The molecule has 0 aromatic heterocycles. The molecule has 0 bridgehead atoms. The number of benzene rings is 3. The van der Waals surface area contributed by atoms with E-state index < -0.39 is 6.03 Å². The van der Waals surface area contributed by atoms with Gasteiger partial charge in [-0.3, -0.25) is 9.80 Å².